The molecule has 1 aliphatic rings. The van der Waals surface area contributed by atoms with Crippen LogP contribution in [0.2, 0.25) is 0 Å². The fourth-order valence-corrected chi connectivity index (χ4v) is 2.78. The average Bonchev–Trinajstić information content (AvgIpc) is 2.52. The maximum Gasteiger partial charge on any atom is 0.310 e. The van der Waals surface area contributed by atoms with Crippen LogP contribution in [0.3, 0.4) is 0 Å². The van der Waals surface area contributed by atoms with E-state index in [4.69, 9.17) is 9.84 Å². The van der Waals surface area contributed by atoms with E-state index in [2.05, 4.69) is 0 Å². The van der Waals surface area contributed by atoms with Gasteiger partial charge in [-0.25, -0.2) is 0 Å². The smallest absolute Gasteiger partial charge is 0.310 e. The first-order valence-electron chi connectivity index (χ1n) is 7.30. The van der Waals surface area contributed by atoms with E-state index in [1.54, 1.807) is 13.0 Å². The number of aliphatic carboxylic acids is 1. The van der Waals surface area contributed by atoms with E-state index in [1.165, 1.54) is 23.1 Å². The van der Waals surface area contributed by atoms with Crippen LogP contribution in [0.1, 0.15) is 19.8 Å². The van der Waals surface area contributed by atoms with Gasteiger partial charge in [0.1, 0.15) is 0 Å². The number of hydrogen-bond donors (Lipinski definition) is 1. The van der Waals surface area contributed by atoms with Crippen LogP contribution < -0.4 is 4.74 Å². The highest BCUT2D eigenvalue weighted by Gasteiger charge is 2.35. The average molecular weight is 322 g/mol. The fraction of sp³-hybridized carbons (Fsp3) is 0.467. The van der Waals surface area contributed by atoms with Crippen LogP contribution in [0.5, 0.6) is 5.75 Å². The van der Waals surface area contributed by atoms with Gasteiger partial charge in [-0.1, -0.05) is 12.1 Å². The number of hydrogen-bond acceptors (Lipinski definition) is 5. The third kappa shape index (κ3) is 3.77. The number of ether oxygens (including phenoxy) is 1. The minimum Gasteiger partial charge on any atom is -0.481 e. The first-order chi connectivity index (χ1) is 10.9. The van der Waals surface area contributed by atoms with Gasteiger partial charge in [-0.2, -0.15) is 0 Å². The molecule has 2 rings (SSSR count). The molecular weight excluding hydrogens is 304 g/mol. The number of carboxylic acids is 1. The Morgan fingerprint density at radius 2 is 2.13 bits per heavy atom. The van der Waals surface area contributed by atoms with E-state index >= 15 is 0 Å². The van der Waals surface area contributed by atoms with Crippen LogP contribution in [-0.4, -0.2) is 46.0 Å². The van der Waals surface area contributed by atoms with Crippen molar-refractivity contribution in [3.8, 4) is 5.75 Å². The molecule has 0 unspecified atom stereocenters. The second-order valence-electron chi connectivity index (χ2n) is 5.43. The third-order valence-electron chi connectivity index (χ3n) is 4.04. The van der Waals surface area contributed by atoms with Crippen molar-refractivity contribution in [3.63, 3.8) is 0 Å². The van der Waals surface area contributed by atoms with Crippen LogP contribution in [0.4, 0.5) is 5.69 Å². The summed E-state index contributed by atoms with van der Waals surface area (Å²) >= 11 is 0. The maximum atomic E-state index is 12.3. The van der Waals surface area contributed by atoms with Gasteiger partial charge in [0, 0.05) is 18.7 Å². The topological polar surface area (TPSA) is 110 Å². The minimum atomic E-state index is -0.922. The van der Waals surface area contributed by atoms with Crippen molar-refractivity contribution in [1.82, 2.24) is 4.90 Å². The molecule has 0 aliphatic carbocycles. The summed E-state index contributed by atoms with van der Waals surface area (Å²) in [6.07, 6.45) is 1.14. The zero-order valence-electron chi connectivity index (χ0n) is 12.7. The molecule has 0 spiro atoms. The highest BCUT2D eigenvalue weighted by molar-refractivity contribution is 5.80. The SMILES string of the molecule is C[C@@H]1[C@H](C(=O)O)CCCN1C(=O)COc1ccccc1[N+](=O)[O-]. The monoisotopic (exact) mass is 322 g/mol. The molecule has 8 heteroatoms. The molecule has 23 heavy (non-hydrogen) atoms. The maximum absolute atomic E-state index is 12.3. The number of amides is 1. The summed E-state index contributed by atoms with van der Waals surface area (Å²) in [7, 11) is 0. The Hall–Kier alpha value is -2.64. The van der Waals surface area contributed by atoms with E-state index in [0.29, 0.717) is 19.4 Å². The Morgan fingerprint density at radius 3 is 2.78 bits per heavy atom. The van der Waals surface area contributed by atoms with Crippen molar-refractivity contribution < 1.29 is 24.4 Å². The van der Waals surface area contributed by atoms with Crippen LogP contribution in [0.25, 0.3) is 0 Å². The van der Waals surface area contributed by atoms with Crippen LogP contribution in [0, 0.1) is 16.0 Å². The highest BCUT2D eigenvalue weighted by atomic mass is 16.6. The Morgan fingerprint density at radius 1 is 1.43 bits per heavy atom. The van der Waals surface area contributed by atoms with Gasteiger partial charge < -0.3 is 14.7 Å². The van der Waals surface area contributed by atoms with Crippen molar-refractivity contribution in [2.75, 3.05) is 13.2 Å². The summed E-state index contributed by atoms with van der Waals surface area (Å²) in [6.45, 7) is 1.80. The lowest BCUT2D eigenvalue weighted by molar-refractivity contribution is -0.385. The zero-order chi connectivity index (χ0) is 17.0. The van der Waals surface area contributed by atoms with Gasteiger partial charge in [0.15, 0.2) is 12.4 Å². The largest absolute Gasteiger partial charge is 0.481 e. The number of carbonyl (C=O) groups is 2. The van der Waals surface area contributed by atoms with Crippen LogP contribution >= 0.6 is 0 Å². The quantitative estimate of drug-likeness (QED) is 0.652. The first-order valence-corrected chi connectivity index (χ1v) is 7.30. The molecule has 1 aromatic carbocycles. The summed E-state index contributed by atoms with van der Waals surface area (Å²) in [5.41, 5.74) is -0.213. The molecule has 1 saturated heterocycles. The fourth-order valence-electron chi connectivity index (χ4n) is 2.78. The number of nitro benzene ring substituents is 1. The second-order valence-corrected chi connectivity index (χ2v) is 5.43. The number of nitrogens with zero attached hydrogens (tertiary/aromatic N) is 2. The predicted octanol–water partition coefficient (Wildman–Crippen LogP) is 1.69. The lowest BCUT2D eigenvalue weighted by Crippen LogP contribution is -2.50. The van der Waals surface area contributed by atoms with Crippen molar-refractivity contribution in [3.05, 3.63) is 34.4 Å². The van der Waals surface area contributed by atoms with E-state index in [9.17, 15) is 19.7 Å². The molecule has 1 N–H and O–H groups in total. The lowest BCUT2D eigenvalue weighted by Gasteiger charge is -2.37. The lowest BCUT2D eigenvalue weighted by atomic mass is 9.90. The molecule has 0 saturated carbocycles. The first kappa shape index (κ1) is 16.7. The van der Waals surface area contributed by atoms with E-state index < -0.39 is 22.9 Å². The van der Waals surface area contributed by atoms with Gasteiger partial charge >= 0.3 is 11.7 Å². The summed E-state index contributed by atoms with van der Waals surface area (Å²) in [5.74, 6) is -1.87. The number of likely N-dealkylation sites (tertiary alicyclic amines) is 1. The third-order valence-corrected chi connectivity index (χ3v) is 4.04. The number of benzene rings is 1. The number of rotatable bonds is 5. The molecule has 0 aromatic heterocycles. The zero-order valence-corrected chi connectivity index (χ0v) is 12.7. The predicted molar refractivity (Wildman–Crippen MR) is 80.1 cm³/mol. The minimum absolute atomic E-state index is 0.0188. The van der Waals surface area contributed by atoms with E-state index in [1.807, 2.05) is 0 Å². The molecule has 1 aromatic rings. The van der Waals surface area contributed by atoms with Crippen molar-refractivity contribution in [1.29, 1.82) is 0 Å². The van der Waals surface area contributed by atoms with Crippen LogP contribution in [0.15, 0.2) is 24.3 Å². The van der Waals surface area contributed by atoms with Crippen LogP contribution in [-0.2, 0) is 9.59 Å². The highest BCUT2D eigenvalue weighted by Crippen LogP contribution is 2.27. The number of carbonyl (C=O) groups excluding carboxylic acids is 1. The van der Waals surface area contributed by atoms with Gasteiger partial charge in [0.25, 0.3) is 5.91 Å². The van der Waals surface area contributed by atoms with Crippen molar-refractivity contribution >= 4 is 17.6 Å². The molecule has 1 amide bonds. The molecule has 8 nitrogen and oxygen atoms in total. The molecule has 1 aliphatic heterocycles. The van der Waals surface area contributed by atoms with Crippen molar-refractivity contribution in [2.45, 2.75) is 25.8 Å². The van der Waals surface area contributed by atoms with Gasteiger partial charge in [0.2, 0.25) is 0 Å². The van der Waals surface area contributed by atoms with Gasteiger partial charge in [-0.15, -0.1) is 0 Å². The Kier molecular flexibility index (Phi) is 5.15. The molecule has 1 heterocycles. The number of nitro groups is 1. The van der Waals surface area contributed by atoms with E-state index in [-0.39, 0.29) is 24.0 Å². The molecule has 2 atom stereocenters. The molecule has 1 fully saturated rings. The summed E-state index contributed by atoms with van der Waals surface area (Å²) < 4.78 is 5.28. The van der Waals surface area contributed by atoms with Gasteiger partial charge in [0.05, 0.1) is 10.8 Å². The van der Waals surface area contributed by atoms with Crippen molar-refractivity contribution in [2.24, 2.45) is 5.92 Å². The number of carboxylic acid groups (broad SMARTS) is 1. The molecule has 0 radical (unpaired) electrons. The molecule has 0 bridgehead atoms. The molecule has 124 valence electrons. The number of para-hydroxylation sites is 2. The normalized spacial score (nSPS) is 20.8. The molecular formula is C15H18N2O6. The van der Waals surface area contributed by atoms with Gasteiger partial charge in [-0.05, 0) is 25.8 Å². The van der Waals surface area contributed by atoms with Gasteiger partial charge in [-0.3, -0.25) is 19.7 Å². The summed E-state index contributed by atoms with van der Waals surface area (Å²) in [4.78, 5) is 35.2. The standard InChI is InChI=1S/C15H18N2O6/c1-10-11(15(19)20)5-4-8-16(10)14(18)9-23-13-7-3-2-6-12(13)17(21)22/h2-3,6-7,10-11H,4-5,8-9H2,1H3,(H,19,20)/t10-,11-/m1/s1. The summed E-state index contributed by atoms with van der Waals surface area (Å²) in [6, 6.07) is 5.38. The Balaban J connectivity index is 2.02. The Labute approximate surface area is 132 Å². The Bertz CT molecular complexity index is 618. The van der Waals surface area contributed by atoms with E-state index in [0.717, 1.165) is 0 Å². The number of piperidine rings is 1. The summed E-state index contributed by atoms with van der Waals surface area (Å²) in [5, 5.41) is 20.1. The second kappa shape index (κ2) is 7.08.